The maximum absolute atomic E-state index is 12.6. The smallest absolute Gasteiger partial charge is 0.320 e. The molecule has 140 valence electrons. The Hall–Kier alpha value is -3.20. The first-order valence-electron chi connectivity index (χ1n) is 8.00. The fraction of sp³-hybridized carbons (Fsp3) is 0.167. The highest BCUT2D eigenvalue weighted by atomic mass is 32.2. The summed E-state index contributed by atoms with van der Waals surface area (Å²) >= 11 is 0. The van der Waals surface area contributed by atoms with Gasteiger partial charge in [-0.25, -0.2) is 13.2 Å². The third kappa shape index (κ3) is 3.54. The lowest BCUT2D eigenvalue weighted by atomic mass is 9.92. The van der Waals surface area contributed by atoms with Crippen LogP contribution in [-0.4, -0.2) is 26.1 Å². The van der Waals surface area contributed by atoms with Crippen molar-refractivity contribution >= 4 is 33.4 Å². The molecule has 0 unspecified atom stereocenters. The average molecular weight is 387 g/mol. The monoisotopic (exact) mass is 387 g/mol. The van der Waals surface area contributed by atoms with Crippen molar-refractivity contribution in [1.29, 1.82) is 0 Å². The van der Waals surface area contributed by atoms with Gasteiger partial charge in [0, 0.05) is 11.3 Å². The molecule has 0 bridgehead atoms. The molecule has 1 aliphatic rings. The molecule has 1 fully saturated rings. The Morgan fingerprint density at radius 1 is 1.07 bits per heavy atom. The topological polar surface area (TPSA) is 121 Å². The highest BCUT2D eigenvalue weighted by Crippen LogP contribution is 2.27. The molecule has 9 heteroatoms. The number of sulfonamides is 1. The quantitative estimate of drug-likeness (QED) is 0.533. The molecule has 2 aromatic rings. The van der Waals surface area contributed by atoms with Crippen molar-refractivity contribution in [3.05, 3.63) is 59.7 Å². The number of imide groups is 1. The summed E-state index contributed by atoms with van der Waals surface area (Å²) in [4.78, 5) is 34.9. The van der Waals surface area contributed by atoms with Crippen LogP contribution in [0.4, 0.5) is 10.5 Å². The van der Waals surface area contributed by atoms with Crippen molar-refractivity contribution in [2.45, 2.75) is 24.3 Å². The predicted molar refractivity (Wildman–Crippen MR) is 97.7 cm³/mol. The van der Waals surface area contributed by atoms with E-state index in [1.807, 2.05) is 0 Å². The highest BCUT2D eigenvalue weighted by Gasteiger charge is 2.43. The number of ketones is 1. The molecule has 8 nitrogen and oxygen atoms in total. The van der Waals surface area contributed by atoms with Crippen LogP contribution in [-0.2, 0) is 20.4 Å². The van der Waals surface area contributed by atoms with Crippen molar-refractivity contribution in [2.24, 2.45) is 0 Å². The van der Waals surface area contributed by atoms with Gasteiger partial charge in [-0.3, -0.25) is 19.6 Å². The van der Waals surface area contributed by atoms with Crippen LogP contribution in [0.3, 0.4) is 0 Å². The number of amides is 3. The van der Waals surface area contributed by atoms with Crippen LogP contribution in [0.15, 0.2) is 53.4 Å². The van der Waals surface area contributed by atoms with Crippen molar-refractivity contribution < 1.29 is 22.8 Å². The Morgan fingerprint density at radius 3 is 2.41 bits per heavy atom. The summed E-state index contributed by atoms with van der Waals surface area (Å²) in [6, 6.07) is 11.2. The minimum Gasteiger partial charge on any atom is -0.320 e. The Kier molecular flexibility index (Phi) is 4.48. The van der Waals surface area contributed by atoms with Gasteiger partial charge in [0.15, 0.2) is 5.78 Å². The van der Waals surface area contributed by atoms with Crippen molar-refractivity contribution in [3.63, 3.8) is 0 Å². The maximum atomic E-state index is 12.6. The minimum absolute atomic E-state index is 0.0567. The summed E-state index contributed by atoms with van der Waals surface area (Å²) in [5.74, 6) is -0.772. The van der Waals surface area contributed by atoms with Crippen LogP contribution >= 0.6 is 0 Å². The van der Waals surface area contributed by atoms with Gasteiger partial charge in [-0.2, -0.15) is 0 Å². The molecule has 3 amide bonds. The molecular formula is C18H17N3O5S. The normalized spacial score (nSPS) is 19.3. The van der Waals surface area contributed by atoms with Gasteiger partial charge in [0.25, 0.3) is 15.9 Å². The van der Waals surface area contributed by atoms with E-state index in [2.05, 4.69) is 15.4 Å². The largest absolute Gasteiger partial charge is 0.322 e. The van der Waals surface area contributed by atoms with Crippen molar-refractivity contribution in [1.82, 2.24) is 10.6 Å². The molecular weight excluding hydrogens is 370 g/mol. The van der Waals surface area contributed by atoms with Gasteiger partial charge >= 0.3 is 6.03 Å². The van der Waals surface area contributed by atoms with E-state index in [0.717, 1.165) is 0 Å². The second-order valence-corrected chi connectivity index (χ2v) is 7.99. The first-order chi connectivity index (χ1) is 12.6. The summed E-state index contributed by atoms with van der Waals surface area (Å²) in [5, 5.41) is 4.68. The minimum atomic E-state index is -3.94. The molecule has 0 saturated carbocycles. The van der Waals surface area contributed by atoms with Crippen LogP contribution in [0, 0.1) is 0 Å². The fourth-order valence-corrected chi connectivity index (χ4v) is 3.83. The molecule has 0 aromatic heterocycles. The number of carbonyl (C=O) groups is 3. The summed E-state index contributed by atoms with van der Waals surface area (Å²) in [5.41, 5.74) is -0.378. The van der Waals surface area contributed by atoms with Gasteiger partial charge in [-0.1, -0.05) is 24.3 Å². The molecule has 1 saturated heterocycles. The second-order valence-electron chi connectivity index (χ2n) is 6.30. The molecule has 27 heavy (non-hydrogen) atoms. The SMILES string of the molecule is CC(=O)c1cccc(S(=O)(=O)Nc2cccc([C@]3(C)NC(=O)NC3=O)c2)c1. The van der Waals surface area contributed by atoms with Gasteiger partial charge < -0.3 is 5.32 Å². The van der Waals surface area contributed by atoms with Crippen LogP contribution in [0.1, 0.15) is 29.8 Å². The van der Waals surface area contributed by atoms with Gasteiger partial charge in [-0.15, -0.1) is 0 Å². The first kappa shape index (κ1) is 18.6. The van der Waals surface area contributed by atoms with E-state index in [-0.39, 0.29) is 21.9 Å². The van der Waals surface area contributed by atoms with E-state index in [1.54, 1.807) is 12.1 Å². The number of hydrogen-bond acceptors (Lipinski definition) is 5. The van der Waals surface area contributed by atoms with Crippen molar-refractivity contribution in [3.8, 4) is 0 Å². The Labute approximate surface area is 156 Å². The Bertz CT molecular complexity index is 1060. The molecule has 0 radical (unpaired) electrons. The van der Waals surface area contributed by atoms with E-state index in [1.165, 1.54) is 50.2 Å². The Balaban J connectivity index is 1.92. The zero-order valence-corrected chi connectivity index (χ0v) is 15.4. The third-order valence-corrected chi connectivity index (χ3v) is 5.67. The number of nitrogens with one attached hydrogen (secondary N) is 3. The zero-order chi connectivity index (χ0) is 19.8. The molecule has 2 aromatic carbocycles. The summed E-state index contributed by atoms with van der Waals surface area (Å²) < 4.78 is 27.7. The fourth-order valence-electron chi connectivity index (χ4n) is 2.74. The molecule has 3 rings (SSSR count). The van der Waals surface area contributed by atoms with Crippen molar-refractivity contribution in [2.75, 3.05) is 4.72 Å². The van der Waals surface area contributed by atoms with E-state index in [0.29, 0.717) is 5.56 Å². The van der Waals surface area contributed by atoms with E-state index >= 15 is 0 Å². The Morgan fingerprint density at radius 2 is 1.78 bits per heavy atom. The lowest BCUT2D eigenvalue weighted by molar-refractivity contribution is -0.123. The molecule has 0 aliphatic carbocycles. The molecule has 1 atom stereocenters. The van der Waals surface area contributed by atoms with E-state index in [9.17, 15) is 22.8 Å². The zero-order valence-electron chi connectivity index (χ0n) is 14.6. The number of anilines is 1. The van der Waals surface area contributed by atoms with Crippen LogP contribution < -0.4 is 15.4 Å². The van der Waals surface area contributed by atoms with Gasteiger partial charge in [0.1, 0.15) is 5.54 Å². The van der Waals surface area contributed by atoms with E-state index < -0.39 is 27.5 Å². The summed E-state index contributed by atoms with van der Waals surface area (Å²) in [6.45, 7) is 2.88. The highest BCUT2D eigenvalue weighted by molar-refractivity contribution is 7.92. The first-order valence-corrected chi connectivity index (χ1v) is 9.48. The number of Topliss-reactive ketones (excluding diaryl/α,β-unsaturated/α-hetero) is 1. The van der Waals surface area contributed by atoms with Gasteiger partial charge in [0.05, 0.1) is 4.90 Å². The predicted octanol–water partition coefficient (Wildman–Crippen LogP) is 1.74. The van der Waals surface area contributed by atoms with Crippen LogP contribution in [0.5, 0.6) is 0 Å². The molecule has 0 spiro atoms. The standard InChI is InChI=1S/C18H17N3O5S/c1-11(22)12-5-3-8-15(9-12)27(25,26)21-14-7-4-6-13(10-14)18(2)16(23)19-17(24)20-18/h3-10,21H,1-2H3,(H2,19,20,23,24)/t18-/m0/s1. The molecule has 1 heterocycles. The van der Waals surface area contributed by atoms with E-state index in [4.69, 9.17) is 0 Å². The average Bonchev–Trinajstić information content (AvgIpc) is 2.88. The molecule has 1 aliphatic heterocycles. The lowest BCUT2D eigenvalue weighted by Gasteiger charge is -2.21. The number of benzene rings is 2. The summed E-state index contributed by atoms with van der Waals surface area (Å²) in [6.07, 6.45) is 0. The van der Waals surface area contributed by atoms with Gasteiger partial charge in [-0.05, 0) is 43.7 Å². The van der Waals surface area contributed by atoms with Gasteiger partial charge in [0.2, 0.25) is 0 Å². The number of carbonyl (C=O) groups excluding carboxylic acids is 3. The molecule has 3 N–H and O–H groups in total. The van der Waals surface area contributed by atoms with Crippen LogP contribution in [0.2, 0.25) is 0 Å². The third-order valence-electron chi connectivity index (χ3n) is 4.29. The van der Waals surface area contributed by atoms with Crippen LogP contribution in [0.25, 0.3) is 0 Å². The summed E-state index contributed by atoms with van der Waals surface area (Å²) in [7, 11) is -3.94. The lowest BCUT2D eigenvalue weighted by Crippen LogP contribution is -2.40. The number of rotatable bonds is 5. The number of hydrogen-bond donors (Lipinski definition) is 3. The maximum Gasteiger partial charge on any atom is 0.322 e. The second kappa shape index (κ2) is 6.51. The number of urea groups is 1.